The van der Waals surface area contributed by atoms with Gasteiger partial charge in [0, 0.05) is 39.3 Å². The van der Waals surface area contributed by atoms with Crippen LogP contribution in [0.5, 0.6) is 0 Å². The van der Waals surface area contributed by atoms with Crippen molar-refractivity contribution in [2.45, 2.75) is 31.7 Å². The molecule has 2 heterocycles. The van der Waals surface area contributed by atoms with E-state index in [4.69, 9.17) is 5.73 Å². The molecule has 2 aliphatic rings. The number of rotatable bonds is 4. The first-order valence-electron chi connectivity index (χ1n) is 9.62. The molecule has 1 atom stereocenters. The quantitative estimate of drug-likeness (QED) is 0.790. The fourth-order valence-corrected chi connectivity index (χ4v) is 3.78. The zero-order chi connectivity index (χ0) is 18.6. The van der Waals surface area contributed by atoms with Gasteiger partial charge >= 0.3 is 0 Å². The summed E-state index contributed by atoms with van der Waals surface area (Å²) in [5, 5.41) is 0. The van der Waals surface area contributed by atoms with Crippen molar-refractivity contribution < 1.29 is 9.59 Å². The molecule has 0 bridgehead atoms. The van der Waals surface area contributed by atoms with Crippen molar-refractivity contribution in [2.24, 2.45) is 5.73 Å². The number of hydrogen-bond donors (Lipinski definition) is 1. The van der Waals surface area contributed by atoms with Crippen LogP contribution in [0, 0.1) is 0 Å². The Labute approximate surface area is 180 Å². The average molecular weight is 431 g/mol. The summed E-state index contributed by atoms with van der Waals surface area (Å²) < 4.78 is 0. The van der Waals surface area contributed by atoms with Crippen LogP contribution in [0.3, 0.4) is 0 Å². The number of piperidine rings is 1. The fourth-order valence-electron chi connectivity index (χ4n) is 3.78. The molecular formula is C20H32Cl2N4O2. The minimum absolute atomic E-state index is 0. The van der Waals surface area contributed by atoms with Crippen molar-refractivity contribution in [1.82, 2.24) is 14.7 Å². The molecule has 3 rings (SSSR count). The molecule has 1 aromatic carbocycles. The largest absolute Gasteiger partial charge is 0.342 e. The third-order valence-electron chi connectivity index (χ3n) is 5.54. The van der Waals surface area contributed by atoms with Crippen LogP contribution in [0.4, 0.5) is 0 Å². The Kier molecular flexibility index (Phi) is 9.70. The Morgan fingerprint density at radius 2 is 1.46 bits per heavy atom. The van der Waals surface area contributed by atoms with E-state index in [0.717, 1.165) is 44.6 Å². The normalized spacial score (nSPS) is 19.8. The van der Waals surface area contributed by atoms with Crippen molar-refractivity contribution in [3.63, 3.8) is 0 Å². The maximum Gasteiger partial charge on any atom is 0.247 e. The summed E-state index contributed by atoms with van der Waals surface area (Å²) in [6.07, 6.45) is 3.45. The number of nitrogens with zero attached hydrogens (tertiary/aromatic N) is 3. The van der Waals surface area contributed by atoms with Crippen LogP contribution in [-0.2, 0) is 15.1 Å². The molecule has 2 N–H and O–H groups in total. The third kappa shape index (κ3) is 5.83. The molecular weight excluding hydrogens is 399 g/mol. The lowest BCUT2D eigenvalue weighted by Crippen LogP contribution is -2.57. The second-order valence-corrected chi connectivity index (χ2v) is 7.58. The van der Waals surface area contributed by atoms with E-state index >= 15 is 0 Å². The summed E-state index contributed by atoms with van der Waals surface area (Å²) in [7, 11) is 0. The molecule has 2 saturated heterocycles. The molecule has 2 fully saturated rings. The molecule has 0 radical (unpaired) electrons. The fraction of sp³-hybridized carbons (Fsp3) is 0.600. The molecule has 1 aromatic rings. The van der Waals surface area contributed by atoms with Gasteiger partial charge in [-0.05, 0) is 31.7 Å². The Hall–Kier alpha value is -1.34. The highest BCUT2D eigenvalue weighted by Crippen LogP contribution is 2.21. The van der Waals surface area contributed by atoms with Gasteiger partial charge in [-0.3, -0.25) is 14.5 Å². The summed E-state index contributed by atoms with van der Waals surface area (Å²) in [5.41, 5.74) is 6.17. The van der Waals surface area contributed by atoms with E-state index < -0.39 is 5.54 Å². The van der Waals surface area contributed by atoms with Crippen LogP contribution in [0.2, 0.25) is 0 Å². The van der Waals surface area contributed by atoms with Gasteiger partial charge in [0.1, 0.15) is 5.54 Å². The van der Waals surface area contributed by atoms with Crippen molar-refractivity contribution in [3.8, 4) is 0 Å². The summed E-state index contributed by atoms with van der Waals surface area (Å²) >= 11 is 0. The summed E-state index contributed by atoms with van der Waals surface area (Å²) in [6, 6.07) is 9.51. The topological polar surface area (TPSA) is 69.9 Å². The predicted molar refractivity (Wildman–Crippen MR) is 116 cm³/mol. The highest BCUT2D eigenvalue weighted by molar-refractivity contribution is 5.87. The van der Waals surface area contributed by atoms with Gasteiger partial charge in [0.15, 0.2) is 0 Å². The maximum absolute atomic E-state index is 12.9. The summed E-state index contributed by atoms with van der Waals surface area (Å²) in [4.78, 5) is 31.3. The van der Waals surface area contributed by atoms with E-state index in [1.165, 1.54) is 6.42 Å². The van der Waals surface area contributed by atoms with Crippen LogP contribution >= 0.6 is 24.8 Å². The van der Waals surface area contributed by atoms with Gasteiger partial charge in [-0.1, -0.05) is 30.3 Å². The highest BCUT2D eigenvalue weighted by Gasteiger charge is 2.36. The minimum atomic E-state index is -1.02. The van der Waals surface area contributed by atoms with Crippen molar-refractivity contribution >= 4 is 36.6 Å². The van der Waals surface area contributed by atoms with Crippen LogP contribution in [0.1, 0.15) is 31.7 Å². The molecule has 0 saturated carbocycles. The van der Waals surface area contributed by atoms with Crippen LogP contribution in [0.25, 0.3) is 0 Å². The zero-order valence-electron chi connectivity index (χ0n) is 16.5. The number of benzene rings is 1. The molecule has 0 spiro atoms. The molecule has 2 aliphatic heterocycles. The molecule has 158 valence electrons. The molecule has 28 heavy (non-hydrogen) atoms. The first-order valence-corrected chi connectivity index (χ1v) is 9.62. The second kappa shape index (κ2) is 11.0. The van der Waals surface area contributed by atoms with E-state index in [2.05, 4.69) is 4.90 Å². The number of likely N-dealkylation sites (tertiary alicyclic amines) is 1. The molecule has 1 unspecified atom stereocenters. The Morgan fingerprint density at radius 1 is 0.893 bits per heavy atom. The highest BCUT2D eigenvalue weighted by atomic mass is 35.5. The minimum Gasteiger partial charge on any atom is -0.342 e. The molecule has 0 aliphatic carbocycles. The number of carbonyl (C=O) groups is 2. The van der Waals surface area contributed by atoms with Crippen LogP contribution in [0.15, 0.2) is 30.3 Å². The average Bonchev–Trinajstić information content (AvgIpc) is 2.69. The van der Waals surface area contributed by atoms with E-state index in [1.54, 1.807) is 6.92 Å². The predicted octanol–water partition coefficient (Wildman–Crippen LogP) is 1.86. The van der Waals surface area contributed by atoms with Gasteiger partial charge in [-0.25, -0.2) is 0 Å². The van der Waals surface area contributed by atoms with Crippen molar-refractivity contribution in [2.75, 3.05) is 45.8 Å². The monoisotopic (exact) mass is 430 g/mol. The Bertz CT molecular complexity index is 628. The maximum atomic E-state index is 12.9. The number of piperazine rings is 1. The Balaban J connectivity index is 0.00000196. The van der Waals surface area contributed by atoms with E-state index in [0.29, 0.717) is 19.6 Å². The van der Waals surface area contributed by atoms with E-state index in [9.17, 15) is 9.59 Å². The molecule has 2 amide bonds. The number of amides is 2. The first kappa shape index (κ1) is 24.7. The van der Waals surface area contributed by atoms with E-state index in [-0.39, 0.29) is 36.6 Å². The van der Waals surface area contributed by atoms with E-state index in [1.807, 2.05) is 40.1 Å². The van der Waals surface area contributed by atoms with Gasteiger partial charge in [0.25, 0.3) is 0 Å². The lowest BCUT2D eigenvalue weighted by atomic mass is 9.91. The standard InChI is InChI=1S/C20H30N4O2.2ClH/c1-20(21,17-8-4-2-5-9-17)19(26)24-14-12-22(13-15-24)16-18(25)23-10-6-3-7-11-23;;/h2,4-5,8-9H,3,6-7,10-16,21H2,1H3;2*1H. The molecule has 6 nitrogen and oxygen atoms in total. The van der Waals surface area contributed by atoms with Gasteiger partial charge in [0.05, 0.1) is 6.54 Å². The summed E-state index contributed by atoms with van der Waals surface area (Å²) in [5.74, 6) is 0.170. The second-order valence-electron chi connectivity index (χ2n) is 7.58. The van der Waals surface area contributed by atoms with Gasteiger partial charge in [0.2, 0.25) is 11.8 Å². The lowest BCUT2D eigenvalue weighted by Gasteiger charge is -2.39. The van der Waals surface area contributed by atoms with Gasteiger partial charge in [-0.2, -0.15) is 0 Å². The number of carbonyl (C=O) groups excluding carboxylic acids is 2. The third-order valence-corrected chi connectivity index (χ3v) is 5.54. The zero-order valence-corrected chi connectivity index (χ0v) is 18.1. The summed E-state index contributed by atoms with van der Waals surface area (Å²) in [6.45, 7) is 6.68. The van der Waals surface area contributed by atoms with Crippen LogP contribution in [-0.4, -0.2) is 72.3 Å². The smallest absolute Gasteiger partial charge is 0.247 e. The van der Waals surface area contributed by atoms with Crippen molar-refractivity contribution in [3.05, 3.63) is 35.9 Å². The SMILES string of the molecule is CC(N)(C(=O)N1CCN(CC(=O)N2CCCCC2)CC1)c1ccccc1.Cl.Cl. The molecule has 8 heteroatoms. The van der Waals surface area contributed by atoms with Gasteiger partial charge in [-0.15, -0.1) is 24.8 Å². The van der Waals surface area contributed by atoms with Crippen molar-refractivity contribution in [1.29, 1.82) is 0 Å². The Morgan fingerprint density at radius 3 is 2.04 bits per heavy atom. The number of nitrogens with two attached hydrogens (primary N) is 1. The lowest BCUT2D eigenvalue weighted by molar-refractivity contribution is -0.139. The molecule has 0 aromatic heterocycles. The number of halogens is 2. The van der Waals surface area contributed by atoms with Gasteiger partial charge < -0.3 is 15.5 Å². The van der Waals surface area contributed by atoms with Crippen LogP contribution < -0.4 is 5.73 Å². The first-order chi connectivity index (χ1) is 12.5. The number of hydrogen-bond acceptors (Lipinski definition) is 4.